The minimum atomic E-state index is -1.16. The van der Waals surface area contributed by atoms with E-state index in [0.29, 0.717) is 4.90 Å². The van der Waals surface area contributed by atoms with Crippen LogP contribution in [0.2, 0.25) is 0 Å². The van der Waals surface area contributed by atoms with Crippen LogP contribution >= 0.6 is 0 Å². The fourth-order valence-corrected chi connectivity index (χ4v) is 5.08. The first-order valence-corrected chi connectivity index (χ1v) is 8.00. The number of halogens is 1. The predicted molar refractivity (Wildman–Crippen MR) is 77.1 cm³/mol. The average molecular weight is 283 g/mol. The van der Waals surface area contributed by atoms with Gasteiger partial charge in [0, 0.05) is 10.9 Å². The number of rotatable bonds is 3. The first kappa shape index (κ1) is 14.7. The molecule has 2 nitrogen and oxygen atoms in total. The summed E-state index contributed by atoms with van der Waals surface area (Å²) in [7, 11) is 0.765. The third-order valence-electron chi connectivity index (χ3n) is 4.14. The Morgan fingerprint density at radius 3 is 2.79 bits per heavy atom. The number of benzene rings is 1. The standard InChI is InChI=1S/C15H22FNOS/c1-15(2)9-5-8-13(14(15)17-3)19(18)12-7-4-6-11(16)10-12/h4,6-7,10,13-14,17H,5,8-9H2,1-3H3. The Kier molecular flexibility index (Phi) is 4.41. The molecular formula is C15H22FNOS. The quantitative estimate of drug-likeness (QED) is 0.923. The van der Waals surface area contributed by atoms with Crippen LogP contribution in [0.5, 0.6) is 0 Å². The van der Waals surface area contributed by atoms with Crippen molar-refractivity contribution in [2.24, 2.45) is 5.41 Å². The van der Waals surface area contributed by atoms with Gasteiger partial charge in [-0.15, -0.1) is 0 Å². The summed E-state index contributed by atoms with van der Waals surface area (Å²) < 4.78 is 26.0. The van der Waals surface area contributed by atoms with Crippen molar-refractivity contribution < 1.29 is 8.60 Å². The van der Waals surface area contributed by atoms with E-state index in [1.54, 1.807) is 12.1 Å². The van der Waals surface area contributed by atoms with Crippen molar-refractivity contribution in [3.8, 4) is 0 Å². The van der Waals surface area contributed by atoms with Gasteiger partial charge in [0.05, 0.1) is 16.0 Å². The second kappa shape index (κ2) is 5.71. The van der Waals surface area contributed by atoms with E-state index >= 15 is 0 Å². The van der Waals surface area contributed by atoms with E-state index in [1.165, 1.54) is 12.1 Å². The van der Waals surface area contributed by atoms with Crippen molar-refractivity contribution in [1.29, 1.82) is 0 Å². The summed E-state index contributed by atoms with van der Waals surface area (Å²) >= 11 is 0. The molecule has 0 radical (unpaired) electrons. The molecule has 0 heterocycles. The molecule has 0 aliphatic heterocycles. The molecule has 19 heavy (non-hydrogen) atoms. The fourth-order valence-electron chi connectivity index (χ4n) is 3.16. The van der Waals surface area contributed by atoms with Crippen molar-refractivity contribution in [2.45, 2.75) is 49.3 Å². The Balaban J connectivity index is 2.27. The van der Waals surface area contributed by atoms with E-state index in [4.69, 9.17) is 0 Å². The summed E-state index contributed by atoms with van der Waals surface area (Å²) in [5.41, 5.74) is 0.126. The van der Waals surface area contributed by atoms with Gasteiger partial charge in [0.1, 0.15) is 5.82 Å². The van der Waals surface area contributed by atoms with Crippen LogP contribution in [0.15, 0.2) is 29.2 Å². The monoisotopic (exact) mass is 283 g/mol. The van der Waals surface area contributed by atoms with Gasteiger partial charge in [-0.05, 0) is 43.5 Å². The first-order chi connectivity index (χ1) is 8.95. The van der Waals surface area contributed by atoms with Gasteiger partial charge < -0.3 is 5.32 Å². The molecule has 1 aromatic carbocycles. The SMILES string of the molecule is CNC1C(S(=O)c2cccc(F)c2)CCCC1(C)C. The van der Waals surface area contributed by atoms with E-state index in [9.17, 15) is 8.60 Å². The molecule has 1 aliphatic rings. The molecule has 1 aromatic rings. The van der Waals surface area contributed by atoms with E-state index in [0.717, 1.165) is 19.3 Å². The molecule has 3 unspecified atom stereocenters. The highest BCUT2D eigenvalue weighted by atomic mass is 32.2. The third-order valence-corrected chi connectivity index (χ3v) is 5.91. The Labute approximate surface area is 117 Å². The van der Waals surface area contributed by atoms with Gasteiger partial charge in [0.25, 0.3) is 0 Å². The molecule has 106 valence electrons. The molecule has 2 rings (SSSR count). The maximum absolute atomic E-state index is 13.3. The first-order valence-electron chi connectivity index (χ1n) is 6.79. The third kappa shape index (κ3) is 3.06. The van der Waals surface area contributed by atoms with Crippen LogP contribution in [0, 0.1) is 11.2 Å². The smallest absolute Gasteiger partial charge is 0.124 e. The Hall–Kier alpha value is -0.740. The highest BCUT2D eigenvalue weighted by Crippen LogP contribution is 2.38. The summed E-state index contributed by atoms with van der Waals surface area (Å²) in [6.07, 6.45) is 3.14. The minimum Gasteiger partial charge on any atom is -0.315 e. The van der Waals surface area contributed by atoms with Crippen molar-refractivity contribution >= 4 is 10.8 Å². The van der Waals surface area contributed by atoms with Crippen molar-refractivity contribution in [3.63, 3.8) is 0 Å². The lowest BCUT2D eigenvalue weighted by Crippen LogP contribution is -2.52. The summed E-state index contributed by atoms with van der Waals surface area (Å²) in [5, 5.41) is 3.37. The van der Waals surface area contributed by atoms with Crippen LogP contribution in [-0.2, 0) is 10.8 Å². The summed E-state index contributed by atoms with van der Waals surface area (Å²) in [6.45, 7) is 4.42. The zero-order chi connectivity index (χ0) is 14.0. The number of hydrogen-bond acceptors (Lipinski definition) is 2. The second-order valence-electron chi connectivity index (χ2n) is 5.94. The largest absolute Gasteiger partial charge is 0.315 e. The molecule has 1 fully saturated rings. The lowest BCUT2D eigenvalue weighted by molar-refractivity contribution is 0.180. The van der Waals surface area contributed by atoms with E-state index < -0.39 is 10.8 Å². The Bertz CT molecular complexity index is 475. The van der Waals surface area contributed by atoms with Gasteiger partial charge in [0.2, 0.25) is 0 Å². The zero-order valence-electron chi connectivity index (χ0n) is 11.8. The summed E-state index contributed by atoms with van der Waals surface area (Å²) in [6, 6.07) is 6.37. The van der Waals surface area contributed by atoms with Gasteiger partial charge in [-0.1, -0.05) is 26.3 Å². The van der Waals surface area contributed by atoms with E-state index in [-0.39, 0.29) is 22.5 Å². The Morgan fingerprint density at radius 1 is 1.42 bits per heavy atom. The summed E-state index contributed by atoms with van der Waals surface area (Å²) in [4.78, 5) is 0.600. The van der Waals surface area contributed by atoms with Crippen LogP contribution < -0.4 is 5.32 Å². The lowest BCUT2D eigenvalue weighted by atomic mass is 9.73. The molecule has 1 saturated carbocycles. The van der Waals surface area contributed by atoms with Crippen molar-refractivity contribution in [3.05, 3.63) is 30.1 Å². The molecule has 1 aliphatic carbocycles. The lowest BCUT2D eigenvalue weighted by Gasteiger charge is -2.43. The maximum atomic E-state index is 13.3. The van der Waals surface area contributed by atoms with E-state index in [1.807, 2.05) is 7.05 Å². The van der Waals surface area contributed by atoms with Crippen LogP contribution in [-0.4, -0.2) is 22.5 Å². The van der Waals surface area contributed by atoms with Gasteiger partial charge in [0.15, 0.2) is 0 Å². The molecule has 0 bridgehead atoms. The normalized spacial score (nSPS) is 28.0. The van der Waals surface area contributed by atoms with Crippen LogP contribution in [0.25, 0.3) is 0 Å². The zero-order valence-corrected chi connectivity index (χ0v) is 12.6. The van der Waals surface area contributed by atoms with Crippen molar-refractivity contribution in [1.82, 2.24) is 5.32 Å². The second-order valence-corrected chi connectivity index (χ2v) is 7.61. The molecule has 0 spiro atoms. The summed E-state index contributed by atoms with van der Waals surface area (Å²) in [5.74, 6) is -0.318. The minimum absolute atomic E-state index is 0.0514. The molecule has 0 aromatic heterocycles. The molecule has 0 saturated heterocycles. The fraction of sp³-hybridized carbons (Fsp3) is 0.600. The van der Waals surface area contributed by atoms with Gasteiger partial charge in [-0.3, -0.25) is 4.21 Å². The van der Waals surface area contributed by atoms with E-state index in [2.05, 4.69) is 19.2 Å². The molecule has 4 heteroatoms. The highest BCUT2D eigenvalue weighted by Gasteiger charge is 2.41. The highest BCUT2D eigenvalue weighted by molar-refractivity contribution is 7.85. The van der Waals surface area contributed by atoms with Gasteiger partial charge in [-0.2, -0.15) is 0 Å². The van der Waals surface area contributed by atoms with Crippen LogP contribution in [0.1, 0.15) is 33.1 Å². The maximum Gasteiger partial charge on any atom is 0.124 e. The predicted octanol–water partition coefficient (Wildman–Crippen LogP) is 3.10. The number of nitrogens with one attached hydrogen (secondary N) is 1. The molecular weight excluding hydrogens is 261 g/mol. The molecule has 1 N–H and O–H groups in total. The Morgan fingerprint density at radius 2 is 2.16 bits per heavy atom. The molecule has 3 atom stereocenters. The van der Waals surface area contributed by atoms with Gasteiger partial charge >= 0.3 is 0 Å². The average Bonchev–Trinajstić information content (AvgIpc) is 2.36. The van der Waals surface area contributed by atoms with Crippen molar-refractivity contribution in [2.75, 3.05) is 7.05 Å². The molecule has 0 amide bonds. The van der Waals surface area contributed by atoms with Crippen LogP contribution in [0.3, 0.4) is 0 Å². The van der Waals surface area contributed by atoms with Crippen LogP contribution in [0.4, 0.5) is 4.39 Å². The number of hydrogen-bond donors (Lipinski definition) is 1. The topological polar surface area (TPSA) is 29.1 Å². The van der Waals surface area contributed by atoms with Gasteiger partial charge in [-0.25, -0.2) is 4.39 Å².